The number of hydrogen-bond donors (Lipinski definition) is 2. The van der Waals surface area contributed by atoms with E-state index in [2.05, 4.69) is 46.5 Å². The van der Waals surface area contributed by atoms with E-state index in [0.717, 1.165) is 73.8 Å². The predicted octanol–water partition coefficient (Wildman–Crippen LogP) is 3.82. The Morgan fingerprint density at radius 1 is 1.15 bits per heavy atom. The zero-order valence-electron chi connectivity index (χ0n) is 19.8. The highest BCUT2D eigenvalue weighted by Gasteiger charge is 2.24. The standard InChI is InChI=1S/C27H33N3O4/c1-2-19-5-3-6-21-23(17-29-27(19)21)22(20-7-8-24-25(15-20)34-18-33-24)16-26(31)28-9-4-10-30-11-13-32-14-12-30/h3,5-8,15,17,22,29H,2,4,9-14,16,18H2,1H3,(H,28,31). The van der Waals surface area contributed by atoms with E-state index in [1.165, 1.54) is 10.9 Å². The van der Waals surface area contributed by atoms with Gasteiger partial charge in [-0.1, -0.05) is 31.2 Å². The SMILES string of the molecule is CCc1cccc2c(C(CC(=O)NCCCN3CCOCC3)c3ccc4c(c3)OCO4)c[nH]c12. The van der Waals surface area contributed by atoms with Crippen molar-refractivity contribution in [3.63, 3.8) is 0 Å². The smallest absolute Gasteiger partial charge is 0.231 e. The van der Waals surface area contributed by atoms with Crippen LogP contribution in [0.15, 0.2) is 42.6 Å². The number of aryl methyl sites for hydroxylation is 1. The fourth-order valence-corrected chi connectivity index (χ4v) is 4.97. The number of para-hydroxylation sites is 1. The first-order valence-corrected chi connectivity index (χ1v) is 12.3. The Kier molecular flexibility index (Phi) is 7.02. The molecule has 3 heterocycles. The summed E-state index contributed by atoms with van der Waals surface area (Å²) in [5.74, 6) is 1.46. The lowest BCUT2D eigenvalue weighted by atomic mass is 9.87. The van der Waals surface area contributed by atoms with Crippen LogP contribution in [-0.2, 0) is 16.0 Å². The molecule has 7 heteroatoms. The van der Waals surface area contributed by atoms with E-state index in [-0.39, 0.29) is 18.6 Å². The monoisotopic (exact) mass is 463 g/mol. The van der Waals surface area contributed by atoms with Crippen LogP contribution in [0.4, 0.5) is 0 Å². The van der Waals surface area contributed by atoms with Gasteiger partial charge in [-0.2, -0.15) is 0 Å². The minimum Gasteiger partial charge on any atom is -0.454 e. The zero-order chi connectivity index (χ0) is 23.3. The summed E-state index contributed by atoms with van der Waals surface area (Å²) in [5.41, 5.74) is 4.61. The Labute approximate surface area is 200 Å². The summed E-state index contributed by atoms with van der Waals surface area (Å²) in [6.45, 7) is 7.60. The van der Waals surface area contributed by atoms with Crippen LogP contribution < -0.4 is 14.8 Å². The second-order valence-corrected chi connectivity index (χ2v) is 8.96. The molecule has 3 aromatic rings. The maximum atomic E-state index is 13.1. The van der Waals surface area contributed by atoms with Gasteiger partial charge in [0.25, 0.3) is 0 Å². The molecule has 180 valence electrons. The second kappa shape index (κ2) is 10.5. The molecule has 1 saturated heterocycles. The third-order valence-corrected chi connectivity index (χ3v) is 6.86. The molecule has 1 amide bonds. The van der Waals surface area contributed by atoms with Gasteiger partial charge in [0.2, 0.25) is 12.7 Å². The number of benzene rings is 2. The Bertz CT molecular complexity index is 1140. The van der Waals surface area contributed by atoms with Gasteiger partial charge in [-0.05, 0) is 48.2 Å². The normalized spacial score (nSPS) is 16.6. The van der Waals surface area contributed by atoms with Crippen molar-refractivity contribution in [3.05, 3.63) is 59.3 Å². The fraction of sp³-hybridized carbons (Fsp3) is 0.444. The molecule has 0 saturated carbocycles. The lowest BCUT2D eigenvalue weighted by Gasteiger charge is -2.26. The molecule has 1 fully saturated rings. The second-order valence-electron chi connectivity index (χ2n) is 8.96. The van der Waals surface area contributed by atoms with Gasteiger partial charge in [-0.15, -0.1) is 0 Å². The topological polar surface area (TPSA) is 75.8 Å². The molecule has 2 aromatic carbocycles. The molecule has 2 aliphatic heterocycles. The molecule has 0 bridgehead atoms. The first kappa shape index (κ1) is 22.7. The number of H-pyrrole nitrogens is 1. The maximum absolute atomic E-state index is 13.1. The first-order valence-electron chi connectivity index (χ1n) is 12.3. The van der Waals surface area contributed by atoms with Gasteiger partial charge >= 0.3 is 0 Å². The van der Waals surface area contributed by atoms with Gasteiger partial charge in [0.15, 0.2) is 11.5 Å². The van der Waals surface area contributed by atoms with Crippen molar-refractivity contribution in [3.8, 4) is 11.5 Å². The molecule has 2 N–H and O–H groups in total. The van der Waals surface area contributed by atoms with Crippen LogP contribution in [0.5, 0.6) is 11.5 Å². The van der Waals surface area contributed by atoms with E-state index in [1.807, 2.05) is 18.2 Å². The summed E-state index contributed by atoms with van der Waals surface area (Å²) in [6.07, 6.45) is 4.33. The Hall–Kier alpha value is -3.03. The van der Waals surface area contributed by atoms with E-state index >= 15 is 0 Å². The van der Waals surface area contributed by atoms with Crippen molar-refractivity contribution in [1.82, 2.24) is 15.2 Å². The number of rotatable bonds is 9. The summed E-state index contributed by atoms with van der Waals surface area (Å²) in [5, 5.41) is 4.31. The van der Waals surface area contributed by atoms with Crippen LogP contribution >= 0.6 is 0 Å². The largest absolute Gasteiger partial charge is 0.454 e. The van der Waals surface area contributed by atoms with Crippen molar-refractivity contribution in [1.29, 1.82) is 0 Å². The zero-order valence-corrected chi connectivity index (χ0v) is 19.8. The molecule has 1 aromatic heterocycles. The number of fused-ring (bicyclic) bond motifs is 2. The van der Waals surface area contributed by atoms with Crippen LogP contribution in [0.3, 0.4) is 0 Å². The lowest BCUT2D eigenvalue weighted by Crippen LogP contribution is -2.38. The van der Waals surface area contributed by atoms with Gasteiger partial charge in [0.05, 0.1) is 13.2 Å². The molecular formula is C27H33N3O4. The van der Waals surface area contributed by atoms with Gasteiger partial charge in [-0.3, -0.25) is 9.69 Å². The van der Waals surface area contributed by atoms with E-state index in [0.29, 0.717) is 13.0 Å². The quantitative estimate of drug-likeness (QED) is 0.472. The fourth-order valence-electron chi connectivity index (χ4n) is 4.97. The van der Waals surface area contributed by atoms with Crippen molar-refractivity contribution in [2.45, 2.75) is 32.1 Å². The molecule has 7 nitrogen and oxygen atoms in total. The molecule has 5 rings (SSSR count). The lowest BCUT2D eigenvalue weighted by molar-refractivity contribution is -0.121. The maximum Gasteiger partial charge on any atom is 0.231 e. The molecule has 1 unspecified atom stereocenters. The minimum absolute atomic E-state index is 0.0608. The molecule has 2 aliphatic rings. The van der Waals surface area contributed by atoms with Gasteiger partial charge in [-0.25, -0.2) is 0 Å². The number of morpholine rings is 1. The Morgan fingerprint density at radius 3 is 2.85 bits per heavy atom. The molecule has 0 spiro atoms. The van der Waals surface area contributed by atoms with Gasteiger partial charge in [0.1, 0.15) is 0 Å². The van der Waals surface area contributed by atoms with Crippen LogP contribution in [0.1, 0.15) is 42.4 Å². The van der Waals surface area contributed by atoms with Crippen molar-refractivity contribution in [2.75, 3.05) is 46.2 Å². The van der Waals surface area contributed by atoms with Gasteiger partial charge < -0.3 is 24.5 Å². The summed E-state index contributed by atoms with van der Waals surface area (Å²) >= 11 is 0. The van der Waals surface area contributed by atoms with E-state index in [4.69, 9.17) is 14.2 Å². The number of ether oxygens (including phenoxy) is 3. The molecule has 1 atom stereocenters. The number of aromatic amines is 1. The van der Waals surface area contributed by atoms with Gasteiger partial charge in [0, 0.05) is 49.1 Å². The molecule has 0 radical (unpaired) electrons. The number of amides is 1. The first-order chi connectivity index (χ1) is 16.7. The summed E-state index contributed by atoms with van der Waals surface area (Å²) in [6, 6.07) is 12.4. The number of nitrogens with one attached hydrogen (secondary N) is 2. The van der Waals surface area contributed by atoms with E-state index in [1.54, 1.807) is 0 Å². The number of carbonyl (C=O) groups is 1. The van der Waals surface area contributed by atoms with Crippen molar-refractivity contribution in [2.24, 2.45) is 0 Å². The predicted molar refractivity (Wildman–Crippen MR) is 132 cm³/mol. The third-order valence-electron chi connectivity index (χ3n) is 6.86. The molecule has 0 aliphatic carbocycles. The van der Waals surface area contributed by atoms with Crippen LogP contribution in [0, 0.1) is 0 Å². The average Bonchev–Trinajstić information content (AvgIpc) is 3.52. The minimum atomic E-state index is -0.0883. The number of nitrogens with zero attached hydrogens (tertiary/aromatic N) is 1. The number of aromatic nitrogens is 1. The van der Waals surface area contributed by atoms with Crippen molar-refractivity contribution >= 4 is 16.8 Å². The molecular weight excluding hydrogens is 430 g/mol. The summed E-state index contributed by atoms with van der Waals surface area (Å²) < 4.78 is 16.5. The highest BCUT2D eigenvalue weighted by atomic mass is 16.7. The highest BCUT2D eigenvalue weighted by molar-refractivity contribution is 5.88. The Morgan fingerprint density at radius 2 is 2.00 bits per heavy atom. The summed E-state index contributed by atoms with van der Waals surface area (Å²) in [7, 11) is 0. The molecule has 34 heavy (non-hydrogen) atoms. The van der Waals surface area contributed by atoms with E-state index in [9.17, 15) is 4.79 Å². The highest BCUT2D eigenvalue weighted by Crippen LogP contribution is 2.39. The van der Waals surface area contributed by atoms with Crippen LogP contribution in [0.2, 0.25) is 0 Å². The summed E-state index contributed by atoms with van der Waals surface area (Å²) in [4.78, 5) is 18.9. The number of carbonyl (C=O) groups excluding carboxylic acids is 1. The average molecular weight is 464 g/mol. The van der Waals surface area contributed by atoms with Crippen LogP contribution in [-0.4, -0.2) is 62.0 Å². The van der Waals surface area contributed by atoms with Crippen molar-refractivity contribution < 1.29 is 19.0 Å². The third kappa shape index (κ3) is 4.91. The number of hydrogen-bond acceptors (Lipinski definition) is 5. The Balaban J connectivity index is 1.33. The van der Waals surface area contributed by atoms with Crippen LogP contribution in [0.25, 0.3) is 10.9 Å². The van der Waals surface area contributed by atoms with E-state index < -0.39 is 0 Å².